The van der Waals surface area contributed by atoms with Gasteiger partial charge < -0.3 is 10.1 Å². The summed E-state index contributed by atoms with van der Waals surface area (Å²) in [6.07, 6.45) is 2.81. The minimum absolute atomic E-state index is 0.0803. The third-order valence-electron chi connectivity index (χ3n) is 3.16. The molecule has 1 fully saturated rings. The molecule has 1 aliphatic rings. The van der Waals surface area contributed by atoms with E-state index in [0.717, 1.165) is 6.20 Å². The average molecular weight is 309 g/mol. The van der Waals surface area contributed by atoms with Crippen molar-refractivity contribution in [2.75, 3.05) is 26.3 Å². The van der Waals surface area contributed by atoms with E-state index >= 15 is 0 Å². The highest BCUT2D eigenvalue weighted by atomic mass is 19.1. The fraction of sp³-hybridized carbons (Fsp3) is 0.429. The van der Waals surface area contributed by atoms with Crippen LogP contribution in [0.4, 0.5) is 4.39 Å². The maximum absolute atomic E-state index is 13.3. The second-order valence-electron chi connectivity index (χ2n) is 4.66. The number of nitrogens with zero attached hydrogens (tertiary/aromatic N) is 2. The number of hydrogen-bond donors (Lipinski definition) is 1. The van der Waals surface area contributed by atoms with Gasteiger partial charge in [0.05, 0.1) is 31.5 Å². The van der Waals surface area contributed by atoms with E-state index in [4.69, 9.17) is 4.74 Å². The maximum Gasteiger partial charge on any atom is 0.254 e. The minimum atomic E-state index is -0.688. The molecule has 7 nitrogen and oxygen atoms in total. The first-order chi connectivity index (χ1) is 10.6. The summed E-state index contributed by atoms with van der Waals surface area (Å²) in [6.45, 7) is 0.818. The van der Waals surface area contributed by atoms with Crippen LogP contribution >= 0.6 is 0 Å². The van der Waals surface area contributed by atoms with Gasteiger partial charge in [-0.05, 0) is 6.07 Å². The first kappa shape index (κ1) is 16.0. The molecule has 2 rings (SSSR count). The van der Waals surface area contributed by atoms with E-state index < -0.39 is 11.7 Å². The van der Waals surface area contributed by atoms with Crippen molar-refractivity contribution in [2.24, 2.45) is 0 Å². The molecule has 0 saturated carbocycles. The van der Waals surface area contributed by atoms with Crippen LogP contribution in [0, 0.1) is 5.82 Å². The van der Waals surface area contributed by atoms with Crippen molar-refractivity contribution in [1.82, 2.24) is 15.2 Å². The predicted octanol–water partition coefficient (Wildman–Crippen LogP) is 0.116. The summed E-state index contributed by atoms with van der Waals surface area (Å²) in [7, 11) is 0. The molecule has 0 spiro atoms. The van der Waals surface area contributed by atoms with Crippen molar-refractivity contribution >= 4 is 17.7 Å². The lowest BCUT2D eigenvalue weighted by atomic mass is 10.2. The third kappa shape index (κ3) is 4.08. The van der Waals surface area contributed by atoms with E-state index in [1.807, 2.05) is 0 Å². The Morgan fingerprint density at radius 2 is 2.05 bits per heavy atom. The van der Waals surface area contributed by atoms with Crippen molar-refractivity contribution in [2.45, 2.75) is 12.8 Å². The summed E-state index contributed by atoms with van der Waals surface area (Å²) in [6, 6.07) is 1.29. The number of nitrogens with one attached hydrogen (secondary N) is 1. The van der Waals surface area contributed by atoms with Gasteiger partial charge in [0, 0.05) is 25.6 Å². The maximum atomic E-state index is 13.3. The molecular formula is C14H16FN3O4. The van der Waals surface area contributed by atoms with Gasteiger partial charge in [0.15, 0.2) is 5.82 Å². The van der Waals surface area contributed by atoms with Crippen molar-refractivity contribution in [1.29, 1.82) is 0 Å². The average Bonchev–Trinajstić information content (AvgIpc) is 2.82. The van der Waals surface area contributed by atoms with Gasteiger partial charge in [-0.1, -0.05) is 0 Å². The summed E-state index contributed by atoms with van der Waals surface area (Å²) >= 11 is 0. The molecule has 0 bridgehead atoms. The largest absolute Gasteiger partial charge is 0.378 e. The molecule has 0 aromatic carbocycles. The molecule has 1 aliphatic heterocycles. The Labute approximate surface area is 126 Å². The van der Waals surface area contributed by atoms with Crippen LogP contribution in [0.5, 0.6) is 0 Å². The molecule has 22 heavy (non-hydrogen) atoms. The number of pyridine rings is 1. The summed E-state index contributed by atoms with van der Waals surface area (Å²) in [4.78, 5) is 39.1. The lowest BCUT2D eigenvalue weighted by Crippen LogP contribution is -2.33. The van der Waals surface area contributed by atoms with Gasteiger partial charge in [-0.2, -0.15) is 0 Å². The summed E-state index contributed by atoms with van der Waals surface area (Å²) in [5.41, 5.74) is -0.0803. The van der Waals surface area contributed by atoms with Crippen LogP contribution in [-0.4, -0.2) is 53.9 Å². The molecule has 3 amide bonds. The highest BCUT2D eigenvalue weighted by molar-refractivity contribution is 6.01. The van der Waals surface area contributed by atoms with Crippen molar-refractivity contribution < 1.29 is 23.5 Å². The fourth-order valence-electron chi connectivity index (χ4n) is 2.02. The van der Waals surface area contributed by atoms with Gasteiger partial charge in [-0.15, -0.1) is 0 Å². The number of likely N-dealkylation sites (tertiary alicyclic amines) is 1. The van der Waals surface area contributed by atoms with E-state index in [1.54, 1.807) is 0 Å². The molecule has 0 atom stereocenters. The Hall–Kier alpha value is -2.35. The van der Waals surface area contributed by atoms with E-state index in [9.17, 15) is 18.8 Å². The monoisotopic (exact) mass is 309 g/mol. The lowest BCUT2D eigenvalue weighted by molar-refractivity contribution is -0.139. The zero-order chi connectivity index (χ0) is 15.9. The first-order valence-corrected chi connectivity index (χ1v) is 6.88. The number of imide groups is 1. The highest BCUT2D eigenvalue weighted by Gasteiger charge is 2.28. The number of carbonyl (C=O) groups excluding carboxylic acids is 3. The smallest absolute Gasteiger partial charge is 0.254 e. The van der Waals surface area contributed by atoms with Gasteiger partial charge in [-0.3, -0.25) is 24.3 Å². The molecule has 0 aliphatic carbocycles. The van der Waals surface area contributed by atoms with Crippen LogP contribution in [-0.2, 0) is 14.3 Å². The zero-order valence-electron chi connectivity index (χ0n) is 11.9. The van der Waals surface area contributed by atoms with Crippen LogP contribution in [0.25, 0.3) is 0 Å². The number of rotatable bonds is 7. The van der Waals surface area contributed by atoms with Gasteiger partial charge in [0.1, 0.15) is 0 Å². The van der Waals surface area contributed by atoms with Crippen LogP contribution < -0.4 is 5.32 Å². The van der Waals surface area contributed by atoms with Gasteiger partial charge in [0.25, 0.3) is 5.91 Å². The molecular weight excluding hydrogens is 293 g/mol. The second kappa shape index (κ2) is 7.60. The van der Waals surface area contributed by atoms with Crippen LogP contribution in [0.15, 0.2) is 18.5 Å². The molecule has 0 radical (unpaired) electrons. The summed E-state index contributed by atoms with van der Waals surface area (Å²) in [5.74, 6) is -1.61. The van der Waals surface area contributed by atoms with Crippen molar-refractivity contribution in [3.8, 4) is 0 Å². The lowest BCUT2D eigenvalue weighted by Gasteiger charge is -2.13. The Morgan fingerprint density at radius 1 is 1.32 bits per heavy atom. The van der Waals surface area contributed by atoms with Gasteiger partial charge in [0.2, 0.25) is 11.8 Å². The van der Waals surface area contributed by atoms with Crippen molar-refractivity contribution in [3.63, 3.8) is 0 Å². The van der Waals surface area contributed by atoms with Gasteiger partial charge in [-0.25, -0.2) is 4.39 Å². The second-order valence-corrected chi connectivity index (χ2v) is 4.66. The Bertz CT molecular complexity index is 563. The molecule has 1 N–H and O–H groups in total. The van der Waals surface area contributed by atoms with Gasteiger partial charge >= 0.3 is 0 Å². The summed E-state index contributed by atoms with van der Waals surface area (Å²) in [5, 5.41) is 2.51. The quantitative estimate of drug-likeness (QED) is 0.571. The SMILES string of the molecule is O=C(NCCOCCN1C(=O)CCC1=O)c1ccncc1F. The molecule has 2 heterocycles. The molecule has 0 unspecified atom stereocenters. The first-order valence-electron chi connectivity index (χ1n) is 6.88. The minimum Gasteiger partial charge on any atom is -0.378 e. The Balaban J connectivity index is 1.62. The van der Waals surface area contributed by atoms with Crippen LogP contribution in [0.1, 0.15) is 23.2 Å². The number of carbonyl (C=O) groups is 3. The standard InChI is InChI=1S/C14H16FN3O4/c15-11-9-16-4-3-10(11)14(21)17-5-7-22-8-6-18-12(19)1-2-13(18)20/h3-4,9H,1-2,5-8H2,(H,17,21). The number of ether oxygens (including phenoxy) is 1. The molecule has 1 aromatic rings. The number of amides is 3. The van der Waals surface area contributed by atoms with Crippen LogP contribution in [0.2, 0.25) is 0 Å². The van der Waals surface area contributed by atoms with E-state index in [2.05, 4.69) is 10.3 Å². The molecule has 8 heteroatoms. The third-order valence-corrected chi connectivity index (χ3v) is 3.16. The Morgan fingerprint density at radius 3 is 2.73 bits per heavy atom. The molecule has 1 aromatic heterocycles. The topological polar surface area (TPSA) is 88.6 Å². The molecule has 1 saturated heterocycles. The number of hydrogen-bond acceptors (Lipinski definition) is 5. The fourth-order valence-corrected chi connectivity index (χ4v) is 2.02. The van der Waals surface area contributed by atoms with E-state index in [1.165, 1.54) is 17.2 Å². The number of aromatic nitrogens is 1. The zero-order valence-corrected chi connectivity index (χ0v) is 11.9. The van der Waals surface area contributed by atoms with E-state index in [-0.39, 0.29) is 56.5 Å². The number of halogens is 1. The van der Waals surface area contributed by atoms with E-state index in [0.29, 0.717) is 0 Å². The molecule has 118 valence electrons. The highest BCUT2D eigenvalue weighted by Crippen LogP contribution is 2.10. The van der Waals surface area contributed by atoms with Crippen LogP contribution in [0.3, 0.4) is 0 Å². The van der Waals surface area contributed by atoms with Crippen molar-refractivity contribution in [3.05, 3.63) is 29.8 Å². The summed E-state index contributed by atoms with van der Waals surface area (Å²) < 4.78 is 18.5. The predicted molar refractivity (Wildman–Crippen MR) is 73.3 cm³/mol. The Kier molecular flexibility index (Phi) is 5.54. The normalized spacial score (nSPS) is 14.5.